The average Bonchev–Trinajstić information content (AvgIpc) is 2.45. The highest BCUT2D eigenvalue weighted by molar-refractivity contribution is 5.94. The first-order chi connectivity index (χ1) is 9.18. The highest BCUT2D eigenvalue weighted by atomic mass is 16.4. The Morgan fingerprint density at radius 2 is 2.26 bits per heavy atom. The molecule has 1 amide bonds. The SMILES string of the molecule is O=C(O)CC[C@H]1CCCCN1C(=O)c1cccnc1. The third-order valence-electron chi connectivity index (χ3n) is 3.49. The lowest BCUT2D eigenvalue weighted by molar-refractivity contribution is -0.137. The number of hydrogen-bond donors (Lipinski definition) is 1. The van der Waals surface area contributed by atoms with Crippen molar-refractivity contribution in [2.45, 2.75) is 38.1 Å². The maximum absolute atomic E-state index is 12.4. The van der Waals surface area contributed by atoms with E-state index in [9.17, 15) is 9.59 Å². The molecule has 0 bridgehead atoms. The van der Waals surface area contributed by atoms with E-state index in [1.165, 1.54) is 0 Å². The van der Waals surface area contributed by atoms with E-state index in [4.69, 9.17) is 5.11 Å². The maximum Gasteiger partial charge on any atom is 0.303 e. The molecule has 1 N–H and O–H groups in total. The van der Waals surface area contributed by atoms with Gasteiger partial charge < -0.3 is 10.0 Å². The van der Waals surface area contributed by atoms with Gasteiger partial charge in [0.25, 0.3) is 5.91 Å². The molecule has 1 aromatic heterocycles. The lowest BCUT2D eigenvalue weighted by Crippen LogP contribution is -2.44. The van der Waals surface area contributed by atoms with Crippen LogP contribution < -0.4 is 0 Å². The number of aromatic nitrogens is 1. The van der Waals surface area contributed by atoms with Gasteiger partial charge in [-0.15, -0.1) is 0 Å². The van der Waals surface area contributed by atoms with Gasteiger partial charge in [-0.3, -0.25) is 14.6 Å². The minimum atomic E-state index is -0.806. The molecule has 19 heavy (non-hydrogen) atoms. The number of piperidine rings is 1. The molecule has 0 aliphatic carbocycles. The fraction of sp³-hybridized carbons (Fsp3) is 0.500. The van der Waals surface area contributed by atoms with Crippen LogP contribution in [-0.2, 0) is 4.79 Å². The van der Waals surface area contributed by atoms with Gasteiger partial charge in [-0.25, -0.2) is 0 Å². The summed E-state index contributed by atoms with van der Waals surface area (Å²) in [6.07, 6.45) is 6.76. The van der Waals surface area contributed by atoms with Crippen LogP contribution in [0.25, 0.3) is 0 Å². The summed E-state index contributed by atoms with van der Waals surface area (Å²) >= 11 is 0. The molecule has 0 aromatic carbocycles. The van der Waals surface area contributed by atoms with Crippen molar-refractivity contribution >= 4 is 11.9 Å². The van der Waals surface area contributed by atoms with E-state index in [2.05, 4.69) is 4.98 Å². The van der Waals surface area contributed by atoms with Crippen LogP contribution in [0.15, 0.2) is 24.5 Å². The Bertz CT molecular complexity index is 447. The lowest BCUT2D eigenvalue weighted by Gasteiger charge is -2.35. The largest absolute Gasteiger partial charge is 0.481 e. The molecule has 5 heteroatoms. The number of aliphatic carboxylic acids is 1. The van der Waals surface area contributed by atoms with Crippen molar-refractivity contribution in [1.29, 1.82) is 0 Å². The van der Waals surface area contributed by atoms with E-state index in [-0.39, 0.29) is 18.4 Å². The van der Waals surface area contributed by atoms with E-state index < -0.39 is 5.97 Å². The molecule has 0 unspecified atom stereocenters. The quantitative estimate of drug-likeness (QED) is 0.900. The number of carboxylic acids is 1. The number of carbonyl (C=O) groups is 2. The third kappa shape index (κ3) is 3.53. The van der Waals surface area contributed by atoms with Crippen LogP contribution in [0, 0.1) is 0 Å². The van der Waals surface area contributed by atoms with Crippen molar-refractivity contribution in [3.05, 3.63) is 30.1 Å². The Labute approximate surface area is 112 Å². The van der Waals surface area contributed by atoms with Crippen LogP contribution in [0.1, 0.15) is 42.5 Å². The zero-order valence-electron chi connectivity index (χ0n) is 10.8. The zero-order chi connectivity index (χ0) is 13.7. The second kappa shape index (κ2) is 6.31. The molecule has 2 rings (SSSR count). The van der Waals surface area contributed by atoms with Crippen molar-refractivity contribution in [3.63, 3.8) is 0 Å². The van der Waals surface area contributed by atoms with Crippen LogP contribution >= 0.6 is 0 Å². The standard InChI is InChI=1S/C14H18N2O3/c17-13(18)7-6-12-5-1-2-9-16(12)14(19)11-4-3-8-15-10-11/h3-4,8,10,12H,1-2,5-7,9H2,(H,17,18)/t12-/m1/s1. The number of carbonyl (C=O) groups excluding carboxylic acids is 1. The number of hydrogen-bond acceptors (Lipinski definition) is 3. The van der Waals surface area contributed by atoms with E-state index in [0.29, 0.717) is 18.5 Å². The predicted molar refractivity (Wildman–Crippen MR) is 69.8 cm³/mol. The molecule has 0 saturated carbocycles. The maximum atomic E-state index is 12.4. The summed E-state index contributed by atoms with van der Waals surface area (Å²) in [5.41, 5.74) is 0.574. The molecule has 1 aliphatic heterocycles. The fourth-order valence-corrected chi connectivity index (χ4v) is 2.51. The van der Waals surface area contributed by atoms with Crippen LogP contribution in [-0.4, -0.2) is 39.5 Å². The van der Waals surface area contributed by atoms with Crippen LogP contribution in [0.2, 0.25) is 0 Å². The highest BCUT2D eigenvalue weighted by Crippen LogP contribution is 2.22. The average molecular weight is 262 g/mol. The summed E-state index contributed by atoms with van der Waals surface area (Å²) in [5, 5.41) is 8.77. The smallest absolute Gasteiger partial charge is 0.303 e. The minimum absolute atomic E-state index is 0.0387. The molecule has 0 spiro atoms. The summed E-state index contributed by atoms with van der Waals surface area (Å²) in [6.45, 7) is 0.706. The van der Waals surface area contributed by atoms with Crippen LogP contribution in [0.5, 0.6) is 0 Å². The van der Waals surface area contributed by atoms with E-state index in [1.54, 1.807) is 24.5 Å². The number of carboxylic acid groups (broad SMARTS) is 1. The minimum Gasteiger partial charge on any atom is -0.481 e. The molecular weight excluding hydrogens is 244 g/mol. The molecule has 1 atom stereocenters. The van der Waals surface area contributed by atoms with Crippen molar-refractivity contribution in [1.82, 2.24) is 9.88 Å². The highest BCUT2D eigenvalue weighted by Gasteiger charge is 2.27. The first-order valence-electron chi connectivity index (χ1n) is 6.61. The Hall–Kier alpha value is -1.91. The van der Waals surface area contributed by atoms with E-state index >= 15 is 0 Å². The van der Waals surface area contributed by atoms with E-state index in [0.717, 1.165) is 19.3 Å². The van der Waals surface area contributed by atoms with Crippen molar-refractivity contribution in [2.75, 3.05) is 6.54 Å². The number of pyridine rings is 1. The van der Waals surface area contributed by atoms with Crippen molar-refractivity contribution in [2.24, 2.45) is 0 Å². The van der Waals surface area contributed by atoms with Gasteiger partial charge in [0.1, 0.15) is 0 Å². The van der Waals surface area contributed by atoms with Crippen molar-refractivity contribution < 1.29 is 14.7 Å². The fourth-order valence-electron chi connectivity index (χ4n) is 2.51. The molecular formula is C14H18N2O3. The Morgan fingerprint density at radius 3 is 2.95 bits per heavy atom. The summed E-state index contributed by atoms with van der Waals surface area (Å²) in [7, 11) is 0. The monoisotopic (exact) mass is 262 g/mol. The van der Waals surface area contributed by atoms with Crippen LogP contribution in [0.3, 0.4) is 0 Å². The second-order valence-corrected chi connectivity index (χ2v) is 4.82. The molecule has 5 nitrogen and oxygen atoms in total. The van der Waals surface area contributed by atoms with Gasteiger partial charge in [-0.1, -0.05) is 0 Å². The van der Waals surface area contributed by atoms with Gasteiger partial charge in [0.2, 0.25) is 0 Å². The van der Waals surface area contributed by atoms with Crippen molar-refractivity contribution in [3.8, 4) is 0 Å². The summed E-state index contributed by atoms with van der Waals surface area (Å²) in [6, 6.07) is 3.53. The molecule has 1 saturated heterocycles. The van der Waals surface area contributed by atoms with Gasteiger partial charge in [0.05, 0.1) is 5.56 Å². The van der Waals surface area contributed by atoms with Crippen LogP contribution in [0.4, 0.5) is 0 Å². The Kier molecular flexibility index (Phi) is 4.49. The van der Waals surface area contributed by atoms with Gasteiger partial charge in [0, 0.05) is 31.4 Å². The lowest BCUT2D eigenvalue weighted by atomic mass is 9.97. The van der Waals surface area contributed by atoms with Gasteiger partial charge in [-0.05, 0) is 37.8 Å². The molecule has 1 aromatic rings. The summed E-state index contributed by atoms with van der Waals surface area (Å²) < 4.78 is 0. The summed E-state index contributed by atoms with van der Waals surface area (Å²) in [4.78, 5) is 28.8. The number of likely N-dealkylation sites (tertiary alicyclic amines) is 1. The molecule has 1 aliphatic rings. The summed E-state index contributed by atoms with van der Waals surface area (Å²) in [5.74, 6) is -0.845. The second-order valence-electron chi connectivity index (χ2n) is 4.82. The molecule has 0 radical (unpaired) electrons. The number of nitrogens with zero attached hydrogens (tertiary/aromatic N) is 2. The zero-order valence-corrected chi connectivity index (χ0v) is 10.8. The van der Waals surface area contributed by atoms with Gasteiger partial charge in [0.15, 0.2) is 0 Å². The number of amides is 1. The van der Waals surface area contributed by atoms with Gasteiger partial charge >= 0.3 is 5.97 Å². The Morgan fingerprint density at radius 1 is 1.42 bits per heavy atom. The van der Waals surface area contributed by atoms with Gasteiger partial charge in [-0.2, -0.15) is 0 Å². The molecule has 102 valence electrons. The topological polar surface area (TPSA) is 70.5 Å². The third-order valence-corrected chi connectivity index (χ3v) is 3.49. The normalized spacial score (nSPS) is 19.2. The molecule has 1 fully saturated rings. The first-order valence-corrected chi connectivity index (χ1v) is 6.61. The molecule has 2 heterocycles. The van der Waals surface area contributed by atoms with E-state index in [1.807, 2.05) is 4.90 Å². The predicted octanol–water partition coefficient (Wildman–Crippen LogP) is 1.94. The Balaban J connectivity index is 2.06. The first kappa shape index (κ1) is 13.5. The number of rotatable bonds is 4.